The number of benzene rings is 2. The number of carbonyl (C=O) groups is 1. The summed E-state index contributed by atoms with van der Waals surface area (Å²) in [7, 11) is 0. The maximum atomic E-state index is 15.4. The molecule has 0 saturated heterocycles. The van der Waals surface area contributed by atoms with Crippen LogP contribution in [-0.2, 0) is 22.6 Å². The van der Waals surface area contributed by atoms with Gasteiger partial charge in [-0.3, -0.25) is 4.79 Å². The molecule has 9 nitrogen and oxygen atoms in total. The summed E-state index contributed by atoms with van der Waals surface area (Å²) in [6.07, 6.45) is -1.39. The number of carbonyl (C=O) groups excluding carboxylic acids is 1. The van der Waals surface area contributed by atoms with Crippen molar-refractivity contribution in [2.24, 2.45) is 0 Å². The number of halogens is 2. The van der Waals surface area contributed by atoms with Crippen molar-refractivity contribution in [3.8, 4) is 23.6 Å². The van der Waals surface area contributed by atoms with Crippen LogP contribution in [0.5, 0.6) is 11.5 Å². The van der Waals surface area contributed by atoms with Gasteiger partial charge in [0.25, 0.3) is 5.56 Å². The molecule has 3 rings (SSSR count). The first-order valence-corrected chi connectivity index (χ1v) is 11.0. The molecule has 1 heterocycles. The van der Waals surface area contributed by atoms with Crippen LogP contribution in [0, 0.1) is 35.4 Å². The molecule has 0 aliphatic rings. The summed E-state index contributed by atoms with van der Waals surface area (Å²) in [5.41, 5.74) is 0.629. The smallest absolute Gasteiger partial charge is 0.453 e. The van der Waals surface area contributed by atoms with Gasteiger partial charge in [0.15, 0.2) is 18.3 Å². The molecule has 2 aromatic carbocycles. The van der Waals surface area contributed by atoms with E-state index in [1.54, 1.807) is 20.8 Å². The van der Waals surface area contributed by atoms with Gasteiger partial charge in [-0.1, -0.05) is 17.7 Å². The molecule has 0 fully saturated rings. The van der Waals surface area contributed by atoms with E-state index >= 15 is 4.39 Å². The lowest BCUT2D eigenvalue weighted by Crippen LogP contribution is -2.28. The Balaban J connectivity index is 1.89. The summed E-state index contributed by atoms with van der Waals surface area (Å²) in [5, 5.41) is 22.4. The highest BCUT2D eigenvalue weighted by atomic mass is 35.5. The average Bonchev–Trinajstić information content (AvgIpc) is 2.84. The number of nitriles is 2. The minimum atomic E-state index is -0.952. The summed E-state index contributed by atoms with van der Waals surface area (Å²) >= 11 is 6.16. The number of ether oxygens (including phenoxy) is 3. The second kappa shape index (κ2) is 11.3. The molecule has 0 atom stereocenters. The van der Waals surface area contributed by atoms with Crippen molar-refractivity contribution in [1.82, 2.24) is 9.78 Å². The first-order chi connectivity index (χ1) is 17.1. The van der Waals surface area contributed by atoms with Gasteiger partial charge in [0, 0.05) is 12.0 Å². The lowest BCUT2D eigenvalue weighted by Gasteiger charge is -2.13. The van der Waals surface area contributed by atoms with Gasteiger partial charge in [-0.25, -0.2) is 9.18 Å². The second-order valence-corrected chi connectivity index (χ2v) is 8.32. The number of aromatic nitrogens is 2. The summed E-state index contributed by atoms with van der Waals surface area (Å²) in [6, 6.07) is 12.3. The van der Waals surface area contributed by atoms with Crippen LogP contribution in [0.25, 0.3) is 0 Å². The van der Waals surface area contributed by atoms with Crippen LogP contribution in [0.3, 0.4) is 0 Å². The Morgan fingerprint density at radius 3 is 2.44 bits per heavy atom. The highest BCUT2D eigenvalue weighted by molar-refractivity contribution is 6.32. The molecular formula is C25H20ClFN4O5. The van der Waals surface area contributed by atoms with E-state index in [1.807, 2.05) is 12.1 Å². The molecule has 36 heavy (non-hydrogen) atoms. The van der Waals surface area contributed by atoms with Crippen molar-refractivity contribution in [3.05, 3.63) is 85.5 Å². The van der Waals surface area contributed by atoms with E-state index in [1.165, 1.54) is 36.4 Å². The third kappa shape index (κ3) is 6.38. The fraction of sp³-hybridized carbons (Fsp3) is 0.240. The number of nitrogens with zero attached hydrogens (tertiary/aromatic N) is 4. The van der Waals surface area contributed by atoms with Gasteiger partial charge >= 0.3 is 6.16 Å². The zero-order valence-electron chi connectivity index (χ0n) is 19.5. The van der Waals surface area contributed by atoms with Crippen LogP contribution in [0.1, 0.15) is 41.8 Å². The van der Waals surface area contributed by atoms with Gasteiger partial charge in [0.2, 0.25) is 0 Å². The highest BCUT2D eigenvalue weighted by Gasteiger charge is 2.18. The van der Waals surface area contributed by atoms with E-state index in [0.29, 0.717) is 11.3 Å². The first kappa shape index (κ1) is 26.2. The fourth-order valence-corrected chi connectivity index (χ4v) is 3.35. The van der Waals surface area contributed by atoms with Gasteiger partial charge in [0.1, 0.15) is 5.75 Å². The van der Waals surface area contributed by atoms with Crippen molar-refractivity contribution in [1.29, 1.82) is 10.5 Å². The highest BCUT2D eigenvalue weighted by Crippen LogP contribution is 2.35. The Hall–Kier alpha value is -4.41. The molecule has 0 unspecified atom stereocenters. The summed E-state index contributed by atoms with van der Waals surface area (Å²) in [6.45, 7) is 4.38. The van der Waals surface area contributed by atoms with Crippen LogP contribution in [-0.4, -0.2) is 22.0 Å². The van der Waals surface area contributed by atoms with E-state index in [9.17, 15) is 9.59 Å². The predicted molar refractivity (Wildman–Crippen MR) is 126 cm³/mol. The predicted octanol–water partition coefficient (Wildman–Crippen LogP) is 4.99. The van der Waals surface area contributed by atoms with Gasteiger partial charge in [-0.2, -0.15) is 20.3 Å². The minimum absolute atomic E-state index is 0.0247. The molecule has 0 aliphatic carbocycles. The Morgan fingerprint density at radius 2 is 1.83 bits per heavy atom. The molecule has 1 aromatic heterocycles. The molecule has 0 radical (unpaired) electrons. The Morgan fingerprint density at radius 1 is 1.17 bits per heavy atom. The van der Waals surface area contributed by atoms with Crippen molar-refractivity contribution in [2.75, 3.05) is 0 Å². The van der Waals surface area contributed by atoms with Crippen LogP contribution in [0.15, 0.2) is 41.2 Å². The third-order valence-corrected chi connectivity index (χ3v) is 5.02. The quantitative estimate of drug-likeness (QED) is 0.407. The average molecular weight is 511 g/mol. The van der Waals surface area contributed by atoms with E-state index in [-0.39, 0.29) is 39.6 Å². The molecule has 0 saturated carbocycles. The van der Waals surface area contributed by atoms with E-state index in [4.69, 9.17) is 36.3 Å². The van der Waals surface area contributed by atoms with Crippen molar-refractivity contribution in [2.45, 2.75) is 40.0 Å². The number of hydrogen-bond donors (Lipinski definition) is 0. The maximum absolute atomic E-state index is 15.4. The molecule has 184 valence electrons. The Kier molecular flexibility index (Phi) is 8.26. The number of aryl methyl sites for hydroxylation is 1. The van der Waals surface area contributed by atoms with Crippen LogP contribution < -0.4 is 10.3 Å². The molecule has 0 amide bonds. The zero-order chi connectivity index (χ0) is 26.4. The standard InChI is InChI=1S/C25H20ClFN4O5/c1-14(2)35-25(33)34-13-31-24(32)15(3)6-19(30-31)10-18-4-5-21(26)23(22(18)27)36-20-8-16(11-28)7-17(9-20)12-29/h4-9,14H,10,13H2,1-3H3. The maximum Gasteiger partial charge on any atom is 0.510 e. The van der Waals surface area contributed by atoms with Crippen LogP contribution >= 0.6 is 11.6 Å². The first-order valence-electron chi connectivity index (χ1n) is 10.6. The topological polar surface area (TPSA) is 127 Å². The number of hydrogen-bond acceptors (Lipinski definition) is 8. The van der Waals surface area contributed by atoms with Gasteiger partial charge in [-0.05, 0) is 56.7 Å². The molecule has 11 heteroatoms. The van der Waals surface area contributed by atoms with Crippen molar-refractivity contribution in [3.63, 3.8) is 0 Å². The summed E-state index contributed by atoms with van der Waals surface area (Å²) in [4.78, 5) is 24.0. The third-order valence-electron chi connectivity index (χ3n) is 4.73. The van der Waals surface area contributed by atoms with Gasteiger partial charge in [0.05, 0.1) is 40.1 Å². The molecule has 0 spiro atoms. The lowest BCUT2D eigenvalue weighted by atomic mass is 10.1. The minimum Gasteiger partial charge on any atom is -0.453 e. The van der Waals surface area contributed by atoms with E-state index in [2.05, 4.69) is 5.10 Å². The van der Waals surface area contributed by atoms with Crippen LogP contribution in [0.2, 0.25) is 5.02 Å². The molecule has 0 bridgehead atoms. The number of rotatable bonds is 7. The van der Waals surface area contributed by atoms with Crippen LogP contribution in [0.4, 0.5) is 9.18 Å². The summed E-state index contributed by atoms with van der Waals surface area (Å²) in [5.74, 6) is -1.01. The monoisotopic (exact) mass is 510 g/mol. The largest absolute Gasteiger partial charge is 0.510 e. The lowest BCUT2D eigenvalue weighted by molar-refractivity contribution is 0.0119. The summed E-state index contributed by atoms with van der Waals surface area (Å²) < 4.78 is 31.7. The second-order valence-electron chi connectivity index (χ2n) is 7.91. The van der Waals surface area contributed by atoms with E-state index < -0.39 is 30.4 Å². The normalized spacial score (nSPS) is 10.4. The van der Waals surface area contributed by atoms with E-state index in [0.717, 1.165) is 4.68 Å². The van der Waals surface area contributed by atoms with Gasteiger partial charge in [-0.15, -0.1) is 0 Å². The van der Waals surface area contributed by atoms with Gasteiger partial charge < -0.3 is 14.2 Å². The fourth-order valence-electron chi connectivity index (χ4n) is 3.16. The molecular weight excluding hydrogens is 491 g/mol. The van der Waals surface area contributed by atoms with Crippen molar-refractivity contribution >= 4 is 17.8 Å². The molecule has 0 aliphatic heterocycles. The Bertz CT molecular complexity index is 1420. The SMILES string of the molecule is Cc1cc(Cc2ccc(Cl)c(Oc3cc(C#N)cc(C#N)c3)c2F)nn(COC(=O)OC(C)C)c1=O. The van der Waals surface area contributed by atoms with Crippen molar-refractivity contribution < 1.29 is 23.4 Å². The zero-order valence-corrected chi connectivity index (χ0v) is 20.3. The molecule has 3 aromatic rings. The molecule has 0 N–H and O–H groups in total. The Labute approximate surface area is 210 Å².